The molecule has 1 aromatic rings. The molecule has 34 heavy (non-hydrogen) atoms. The van der Waals surface area contributed by atoms with Crippen molar-refractivity contribution in [2.45, 2.75) is 105 Å². The van der Waals surface area contributed by atoms with Crippen LogP contribution in [0.2, 0.25) is 0 Å². The number of ketones is 1. The second-order valence-corrected chi connectivity index (χ2v) is 12.1. The van der Waals surface area contributed by atoms with Crippen LogP contribution in [0.1, 0.15) is 91.3 Å². The van der Waals surface area contributed by atoms with Gasteiger partial charge < -0.3 is 9.84 Å². The minimum absolute atomic E-state index is 0.0802. The third-order valence-corrected chi connectivity index (χ3v) is 9.93. The summed E-state index contributed by atoms with van der Waals surface area (Å²) in [6.45, 7) is 12.4. The maximum Gasteiger partial charge on any atom is 0.158 e. The van der Waals surface area contributed by atoms with E-state index < -0.39 is 5.60 Å². The number of tetrazole rings is 1. The lowest BCUT2D eigenvalue weighted by molar-refractivity contribution is -0.132. The maximum atomic E-state index is 13.4. The summed E-state index contributed by atoms with van der Waals surface area (Å²) in [7, 11) is 0. The van der Waals surface area contributed by atoms with Crippen LogP contribution in [0, 0.1) is 47.8 Å². The summed E-state index contributed by atoms with van der Waals surface area (Å²) in [4.78, 5) is 13.4. The number of hydrogen-bond donors (Lipinski definition) is 1. The number of aromatic nitrogens is 4. The maximum absolute atomic E-state index is 13.4. The fourth-order valence-corrected chi connectivity index (χ4v) is 8.39. The molecule has 7 heteroatoms. The van der Waals surface area contributed by atoms with Crippen LogP contribution in [0.15, 0.2) is 0 Å². The summed E-state index contributed by atoms with van der Waals surface area (Å²) >= 11 is 0. The van der Waals surface area contributed by atoms with Gasteiger partial charge in [0.05, 0.1) is 5.60 Å². The molecular weight excluding hydrogens is 428 g/mol. The molecule has 0 amide bonds. The summed E-state index contributed by atoms with van der Waals surface area (Å²) in [6, 6.07) is 0. The fourth-order valence-electron chi connectivity index (χ4n) is 8.39. The van der Waals surface area contributed by atoms with E-state index in [0.717, 1.165) is 51.7 Å². The van der Waals surface area contributed by atoms with Crippen LogP contribution in [0.5, 0.6) is 0 Å². The number of rotatable bonds is 10. The lowest BCUT2D eigenvalue weighted by Gasteiger charge is -2.55. The van der Waals surface area contributed by atoms with E-state index in [2.05, 4.69) is 36.3 Å². The van der Waals surface area contributed by atoms with E-state index in [9.17, 15) is 9.90 Å². The molecule has 1 N–H and O–H groups in total. The van der Waals surface area contributed by atoms with Crippen molar-refractivity contribution in [3.8, 4) is 0 Å². The van der Waals surface area contributed by atoms with E-state index >= 15 is 0 Å². The van der Waals surface area contributed by atoms with Crippen molar-refractivity contribution in [3.63, 3.8) is 0 Å². The van der Waals surface area contributed by atoms with Gasteiger partial charge in [-0.2, -0.15) is 0 Å². The molecule has 0 unspecified atom stereocenters. The lowest BCUT2D eigenvalue weighted by Crippen LogP contribution is -2.50. The highest BCUT2D eigenvalue weighted by molar-refractivity contribution is 5.82. The average molecular weight is 475 g/mol. The van der Waals surface area contributed by atoms with E-state index in [1.165, 1.54) is 19.3 Å². The Morgan fingerprint density at radius 1 is 1.21 bits per heavy atom. The van der Waals surface area contributed by atoms with Crippen molar-refractivity contribution < 1.29 is 14.6 Å². The first kappa shape index (κ1) is 25.7. The van der Waals surface area contributed by atoms with Crippen molar-refractivity contribution in [3.05, 3.63) is 5.82 Å². The third kappa shape index (κ3) is 4.97. The Balaban J connectivity index is 1.49. The Hall–Kier alpha value is -1.34. The molecule has 4 rings (SSSR count). The number of hydrogen-bond acceptors (Lipinski definition) is 6. The molecule has 8 atom stereocenters. The summed E-state index contributed by atoms with van der Waals surface area (Å²) < 4.78 is 7.68. The van der Waals surface area contributed by atoms with Gasteiger partial charge in [0.1, 0.15) is 12.4 Å². The summed E-state index contributed by atoms with van der Waals surface area (Å²) in [5.74, 6) is 4.08. The lowest BCUT2D eigenvalue weighted by atomic mass is 9.50. The first-order valence-electron chi connectivity index (χ1n) is 13.8. The minimum Gasteiger partial charge on any atom is -0.390 e. The third-order valence-electron chi connectivity index (χ3n) is 9.93. The number of carbonyl (C=O) groups excluding carboxylic acids is 1. The molecule has 0 bridgehead atoms. The number of fused-ring (bicyclic) bond motifs is 3. The number of carbonyl (C=O) groups is 1. The summed E-state index contributed by atoms with van der Waals surface area (Å²) in [5, 5.41) is 22.7. The zero-order chi connectivity index (χ0) is 24.5. The number of nitrogens with zero attached hydrogens (tertiary/aromatic N) is 4. The summed E-state index contributed by atoms with van der Waals surface area (Å²) in [5.41, 5.74) is -0.504. The van der Waals surface area contributed by atoms with Crippen LogP contribution >= 0.6 is 0 Å². The molecule has 3 aliphatic carbocycles. The van der Waals surface area contributed by atoms with Crippen molar-refractivity contribution in [1.29, 1.82) is 0 Å². The minimum atomic E-state index is -0.584. The quantitative estimate of drug-likeness (QED) is 0.532. The van der Waals surface area contributed by atoms with Gasteiger partial charge in [-0.05, 0) is 118 Å². The fraction of sp³-hybridized carbons (Fsp3) is 0.926. The normalized spacial score (nSPS) is 37.1. The first-order valence-corrected chi connectivity index (χ1v) is 13.8. The average Bonchev–Trinajstić information content (AvgIpc) is 3.35. The van der Waals surface area contributed by atoms with Crippen molar-refractivity contribution >= 4 is 5.78 Å². The van der Waals surface area contributed by atoms with Crippen LogP contribution in [0.25, 0.3) is 0 Å². The van der Waals surface area contributed by atoms with Gasteiger partial charge >= 0.3 is 0 Å². The molecule has 3 fully saturated rings. The molecule has 0 saturated heterocycles. The van der Waals surface area contributed by atoms with Crippen molar-refractivity contribution in [2.75, 3.05) is 13.2 Å². The monoisotopic (exact) mass is 474 g/mol. The molecule has 1 heterocycles. The SMILES string of the molecule is CCC[C@@](C)(O)C[C@@H]1CC[C@@H]2[C@H](CC[C@]3(C)[C@@H](C(=O)Cn4nnnc4C)CC[C@@H]23)[C@@H]1COCC. The van der Waals surface area contributed by atoms with E-state index in [0.29, 0.717) is 47.7 Å². The Bertz CT molecular complexity index is 840. The predicted molar refractivity (Wildman–Crippen MR) is 131 cm³/mol. The Morgan fingerprint density at radius 3 is 2.68 bits per heavy atom. The zero-order valence-electron chi connectivity index (χ0n) is 22.0. The molecule has 3 aliphatic rings. The van der Waals surface area contributed by atoms with Crippen LogP contribution < -0.4 is 0 Å². The van der Waals surface area contributed by atoms with Gasteiger partial charge in [-0.1, -0.05) is 20.3 Å². The second-order valence-electron chi connectivity index (χ2n) is 12.1. The smallest absolute Gasteiger partial charge is 0.158 e. The van der Waals surface area contributed by atoms with Crippen molar-refractivity contribution in [1.82, 2.24) is 20.2 Å². The van der Waals surface area contributed by atoms with Crippen LogP contribution in [-0.2, 0) is 16.1 Å². The highest BCUT2D eigenvalue weighted by Crippen LogP contribution is 2.63. The molecule has 1 aromatic heterocycles. The standard InChI is InChI=1S/C27H46N4O3/c1-6-13-26(4,33)15-19-8-9-21-20(22(19)17-34-7-2)12-14-27(5)23(21)10-11-24(27)25(32)16-31-18(3)28-29-30-31/h19-24,33H,6-17H2,1-5H3/t19-,20-,21+,22+,23-,24+,26+,27-/m0/s1. The highest BCUT2D eigenvalue weighted by atomic mass is 16.5. The van der Waals surface area contributed by atoms with E-state index in [1.54, 1.807) is 4.68 Å². The molecule has 192 valence electrons. The van der Waals surface area contributed by atoms with E-state index in [1.807, 2.05) is 13.8 Å². The predicted octanol–water partition coefficient (Wildman–Crippen LogP) is 4.61. The molecule has 0 aromatic carbocycles. The van der Waals surface area contributed by atoms with Crippen molar-refractivity contribution in [2.24, 2.45) is 40.9 Å². The highest BCUT2D eigenvalue weighted by Gasteiger charge is 2.58. The molecule has 3 saturated carbocycles. The molecule has 0 spiro atoms. The first-order chi connectivity index (χ1) is 16.2. The Morgan fingerprint density at radius 2 is 2.00 bits per heavy atom. The molecule has 0 radical (unpaired) electrons. The molecule has 7 nitrogen and oxygen atoms in total. The Kier molecular flexibility index (Phi) is 7.83. The van der Waals surface area contributed by atoms with Gasteiger partial charge in [-0.3, -0.25) is 4.79 Å². The number of aryl methyl sites for hydroxylation is 1. The van der Waals surface area contributed by atoms with Crippen LogP contribution in [0.4, 0.5) is 0 Å². The van der Waals surface area contributed by atoms with Crippen LogP contribution in [0.3, 0.4) is 0 Å². The molecular formula is C27H46N4O3. The molecule has 0 aliphatic heterocycles. The number of Topliss-reactive ketones (excluding diaryl/α,β-unsaturated/α-hetero) is 1. The van der Waals surface area contributed by atoms with Gasteiger partial charge in [0.2, 0.25) is 0 Å². The van der Waals surface area contributed by atoms with E-state index in [4.69, 9.17) is 4.74 Å². The zero-order valence-corrected chi connectivity index (χ0v) is 22.0. The summed E-state index contributed by atoms with van der Waals surface area (Å²) in [6.07, 6.45) is 9.61. The van der Waals surface area contributed by atoms with E-state index in [-0.39, 0.29) is 11.3 Å². The van der Waals surface area contributed by atoms with Gasteiger partial charge in [0.25, 0.3) is 0 Å². The van der Waals surface area contributed by atoms with Gasteiger partial charge in [0.15, 0.2) is 5.78 Å². The van der Waals surface area contributed by atoms with Crippen LogP contribution in [-0.4, -0.2) is 49.9 Å². The second kappa shape index (κ2) is 10.3. The van der Waals surface area contributed by atoms with Gasteiger partial charge in [0, 0.05) is 19.1 Å². The number of aliphatic hydroxyl groups is 1. The van der Waals surface area contributed by atoms with Gasteiger partial charge in [-0.15, -0.1) is 5.10 Å². The van der Waals surface area contributed by atoms with Gasteiger partial charge in [-0.25, -0.2) is 4.68 Å². The largest absolute Gasteiger partial charge is 0.390 e. The topological polar surface area (TPSA) is 90.1 Å². The number of ether oxygens (including phenoxy) is 1. The Labute approximate surface area is 205 Å².